The molecule has 2 heterocycles. The zero-order valence-corrected chi connectivity index (χ0v) is 16.2. The number of nitrogens with one attached hydrogen (secondary N) is 2. The second-order valence-corrected chi connectivity index (χ2v) is 7.02. The highest BCUT2D eigenvalue weighted by Gasteiger charge is 2.38. The standard InChI is InChI=1S/C21H19F3N4O3/c22-21(23,24)20(30)26-14-6-4-13(5-7-14)15-2-1-3-16(19(15)29)17-12-18(27-31-17)28-10-8-25-9-11-28/h1-7,12,25,29H,8-11H2,(H,26,30). The third-order valence-electron chi connectivity index (χ3n) is 4.95. The second kappa shape index (κ2) is 8.31. The number of amides is 1. The fourth-order valence-corrected chi connectivity index (χ4v) is 3.35. The Labute approximate surface area is 175 Å². The Morgan fingerprint density at radius 2 is 1.77 bits per heavy atom. The summed E-state index contributed by atoms with van der Waals surface area (Å²) in [7, 11) is 0. The van der Waals surface area contributed by atoms with Gasteiger partial charge in [-0.25, -0.2) is 0 Å². The molecule has 1 aliphatic heterocycles. The van der Waals surface area contributed by atoms with Gasteiger partial charge in [0.1, 0.15) is 5.75 Å². The Balaban J connectivity index is 1.57. The van der Waals surface area contributed by atoms with Gasteiger partial charge in [0, 0.05) is 43.5 Å². The number of rotatable bonds is 4. The maximum atomic E-state index is 12.4. The van der Waals surface area contributed by atoms with Crippen molar-refractivity contribution in [2.24, 2.45) is 0 Å². The van der Waals surface area contributed by atoms with E-state index in [4.69, 9.17) is 4.52 Å². The van der Waals surface area contributed by atoms with Gasteiger partial charge in [-0.05, 0) is 23.8 Å². The number of phenols is 1. The van der Waals surface area contributed by atoms with E-state index in [2.05, 4.69) is 15.4 Å². The Hall–Kier alpha value is -3.53. The number of nitrogens with zero attached hydrogens (tertiary/aromatic N) is 2. The lowest BCUT2D eigenvalue weighted by Crippen LogP contribution is -2.43. The van der Waals surface area contributed by atoms with Crippen molar-refractivity contribution < 1.29 is 27.6 Å². The summed E-state index contributed by atoms with van der Waals surface area (Å²) in [5.41, 5.74) is 1.47. The van der Waals surface area contributed by atoms with E-state index in [1.807, 2.05) is 0 Å². The molecule has 0 bridgehead atoms. The van der Waals surface area contributed by atoms with Crippen LogP contribution in [0, 0.1) is 0 Å². The van der Waals surface area contributed by atoms with E-state index in [0.717, 1.165) is 26.2 Å². The van der Waals surface area contributed by atoms with E-state index >= 15 is 0 Å². The lowest BCUT2D eigenvalue weighted by Gasteiger charge is -2.26. The summed E-state index contributed by atoms with van der Waals surface area (Å²) in [6.07, 6.45) is -4.97. The molecule has 2 aromatic carbocycles. The number of phenolic OH excluding ortho intramolecular Hbond substituents is 1. The minimum atomic E-state index is -4.97. The molecule has 3 aromatic rings. The molecule has 0 radical (unpaired) electrons. The predicted octanol–water partition coefficient (Wildman–Crippen LogP) is 3.62. The topological polar surface area (TPSA) is 90.6 Å². The third-order valence-corrected chi connectivity index (χ3v) is 4.95. The number of anilines is 2. The van der Waals surface area contributed by atoms with Crippen LogP contribution in [0.1, 0.15) is 0 Å². The molecule has 1 amide bonds. The average Bonchev–Trinajstić information content (AvgIpc) is 3.25. The Morgan fingerprint density at radius 1 is 1.10 bits per heavy atom. The molecule has 1 aliphatic rings. The maximum absolute atomic E-state index is 12.4. The van der Waals surface area contributed by atoms with Gasteiger partial charge in [0.2, 0.25) is 0 Å². The molecule has 31 heavy (non-hydrogen) atoms. The van der Waals surface area contributed by atoms with Crippen molar-refractivity contribution in [1.82, 2.24) is 10.5 Å². The van der Waals surface area contributed by atoms with Crippen LogP contribution < -0.4 is 15.5 Å². The molecule has 0 aliphatic carbocycles. The number of carbonyl (C=O) groups excluding carboxylic acids is 1. The molecule has 0 atom stereocenters. The summed E-state index contributed by atoms with van der Waals surface area (Å²) in [6.45, 7) is 3.30. The van der Waals surface area contributed by atoms with Crippen LogP contribution in [0.15, 0.2) is 53.1 Å². The number of alkyl halides is 3. The number of piperazine rings is 1. The smallest absolute Gasteiger partial charge is 0.471 e. The average molecular weight is 432 g/mol. The van der Waals surface area contributed by atoms with Gasteiger partial charge in [-0.2, -0.15) is 13.2 Å². The van der Waals surface area contributed by atoms with Gasteiger partial charge in [-0.15, -0.1) is 0 Å². The molecular formula is C21H19F3N4O3. The van der Waals surface area contributed by atoms with E-state index in [9.17, 15) is 23.1 Å². The van der Waals surface area contributed by atoms with Gasteiger partial charge in [-0.1, -0.05) is 29.4 Å². The monoisotopic (exact) mass is 432 g/mol. The van der Waals surface area contributed by atoms with E-state index in [1.54, 1.807) is 29.6 Å². The quantitative estimate of drug-likeness (QED) is 0.584. The molecule has 3 N–H and O–H groups in total. The third kappa shape index (κ3) is 4.48. The number of aromatic hydroxyl groups is 1. The highest BCUT2D eigenvalue weighted by Crippen LogP contribution is 2.39. The largest absolute Gasteiger partial charge is 0.507 e. The number of aromatic nitrogens is 1. The van der Waals surface area contributed by atoms with Crippen LogP contribution in [0.5, 0.6) is 5.75 Å². The van der Waals surface area contributed by atoms with Crippen LogP contribution in [-0.4, -0.2) is 48.5 Å². The summed E-state index contributed by atoms with van der Waals surface area (Å²) in [5.74, 6) is -0.999. The maximum Gasteiger partial charge on any atom is 0.471 e. The second-order valence-electron chi connectivity index (χ2n) is 7.02. The summed E-state index contributed by atoms with van der Waals surface area (Å²) < 4.78 is 42.6. The van der Waals surface area contributed by atoms with Crippen LogP contribution >= 0.6 is 0 Å². The molecule has 0 unspecified atom stereocenters. The van der Waals surface area contributed by atoms with Gasteiger partial charge in [0.05, 0.1) is 5.56 Å². The zero-order valence-electron chi connectivity index (χ0n) is 16.2. The lowest BCUT2D eigenvalue weighted by molar-refractivity contribution is -0.167. The first-order valence-electron chi connectivity index (χ1n) is 9.56. The van der Waals surface area contributed by atoms with Gasteiger partial charge in [0.25, 0.3) is 0 Å². The number of carbonyl (C=O) groups is 1. The predicted molar refractivity (Wildman–Crippen MR) is 109 cm³/mol. The van der Waals surface area contributed by atoms with Crippen molar-refractivity contribution in [3.63, 3.8) is 0 Å². The Morgan fingerprint density at radius 3 is 2.45 bits per heavy atom. The molecule has 0 saturated carbocycles. The van der Waals surface area contributed by atoms with E-state index in [1.165, 1.54) is 24.3 Å². The first kappa shape index (κ1) is 20.7. The highest BCUT2D eigenvalue weighted by molar-refractivity contribution is 5.95. The van der Waals surface area contributed by atoms with Gasteiger partial charge in [0.15, 0.2) is 11.6 Å². The van der Waals surface area contributed by atoms with Crippen molar-refractivity contribution in [2.75, 3.05) is 36.4 Å². The number of halogens is 3. The molecule has 1 saturated heterocycles. The van der Waals surface area contributed by atoms with Crippen molar-refractivity contribution in [2.45, 2.75) is 6.18 Å². The van der Waals surface area contributed by atoms with Crippen LogP contribution in [0.3, 0.4) is 0 Å². The summed E-state index contributed by atoms with van der Waals surface area (Å²) >= 11 is 0. The minimum Gasteiger partial charge on any atom is -0.507 e. The normalized spacial score (nSPS) is 14.5. The minimum absolute atomic E-state index is 0.00221. The molecular weight excluding hydrogens is 413 g/mol. The fraction of sp³-hybridized carbons (Fsp3) is 0.238. The van der Waals surface area contributed by atoms with Gasteiger partial charge >= 0.3 is 12.1 Å². The summed E-state index contributed by atoms with van der Waals surface area (Å²) in [6, 6.07) is 12.6. The van der Waals surface area contributed by atoms with Crippen LogP contribution in [0.25, 0.3) is 22.5 Å². The molecule has 162 valence electrons. The fourth-order valence-electron chi connectivity index (χ4n) is 3.35. The molecule has 1 fully saturated rings. The van der Waals surface area contributed by atoms with E-state index in [-0.39, 0.29) is 11.4 Å². The molecule has 7 nitrogen and oxygen atoms in total. The van der Waals surface area contributed by atoms with Crippen molar-refractivity contribution >= 4 is 17.4 Å². The highest BCUT2D eigenvalue weighted by atomic mass is 19.4. The number of benzene rings is 2. The molecule has 0 spiro atoms. The molecule has 10 heteroatoms. The number of para-hydroxylation sites is 1. The first-order valence-corrected chi connectivity index (χ1v) is 9.56. The number of hydrogen-bond acceptors (Lipinski definition) is 6. The van der Waals surface area contributed by atoms with Crippen LogP contribution in [0.4, 0.5) is 24.7 Å². The van der Waals surface area contributed by atoms with Crippen LogP contribution in [-0.2, 0) is 4.79 Å². The summed E-state index contributed by atoms with van der Waals surface area (Å²) in [5, 5.41) is 20.0. The number of hydrogen-bond donors (Lipinski definition) is 3. The SMILES string of the molecule is O=C(Nc1ccc(-c2cccc(-c3cc(N4CCNCC4)no3)c2O)cc1)C(F)(F)F. The molecule has 4 rings (SSSR count). The van der Waals surface area contributed by atoms with Crippen molar-refractivity contribution in [1.29, 1.82) is 0 Å². The van der Waals surface area contributed by atoms with Crippen molar-refractivity contribution in [3.05, 3.63) is 48.5 Å². The van der Waals surface area contributed by atoms with Gasteiger partial charge < -0.3 is 25.2 Å². The van der Waals surface area contributed by atoms with Gasteiger partial charge in [-0.3, -0.25) is 4.79 Å². The van der Waals surface area contributed by atoms with E-state index < -0.39 is 12.1 Å². The Kier molecular flexibility index (Phi) is 5.55. The van der Waals surface area contributed by atoms with E-state index in [0.29, 0.717) is 28.3 Å². The lowest BCUT2D eigenvalue weighted by atomic mass is 10.00. The zero-order chi connectivity index (χ0) is 22.0. The van der Waals surface area contributed by atoms with Crippen LogP contribution in [0.2, 0.25) is 0 Å². The molecule has 1 aromatic heterocycles. The first-order chi connectivity index (χ1) is 14.8. The van der Waals surface area contributed by atoms with Crippen molar-refractivity contribution in [3.8, 4) is 28.2 Å². The Bertz CT molecular complexity index is 1070. The summed E-state index contributed by atoms with van der Waals surface area (Å²) in [4.78, 5) is 13.1.